The van der Waals surface area contributed by atoms with Gasteiger partial charge in [-0.05, 0) is 38.8 Å². The Morgan fingerprint density at radius 1 is 1.06 bits per heavy atom. The molecule has 0 unspecified atom stereocenters. The Kier molecular flexibility index (Phi) is 5.49. The average molecular weight is 427 g/mol. The number of rotatable bonds is 4. The molecule has 31 heavy (non-hydrogen) atoms. The Bertz CT molecular complexity index is 1060. The lowest BCUT2D eigenvalue weighted by Crippen LogP contribution is -2.43. The molecule has 0 radical (unpaired) electrons. The van der Waals surface area contributed by atoms with Crippen LogP contribution in [0.4, 0.5) is 16.2 Å². The van der Waals surface area contributed by atoms with Gasteiger partial charge in [-0.2, -0.15) is 0 Å². The third-order valence-electron chi connectivity index (χ3n) is 5.05. The number of carbonyl (C=O) groups excluding carboxylic acids is 2. The van der Waals surface area contributed by atoms with Crippen LogP contribution < -0.4 is 0 Å². The predicted molar refractivity (Wildman–Crippen MR) is 110 cm³/mol. The average Bonchev–Trinajstić information content (AvgIpc) is 3.04. The third-order valence-corrected chi connectivity index (χ3v) is 5.05. The number of carbonyl (C=O) groups is 2. The van der Waals surface area contributed by atoms with E-state index in [0.29, 0.717) is 5.56 Å². The van der Waals surface area contributed by atoms with Crippen LogP contribution in [0.1, 0.15) is 38.3 Å². The third kappa shape index (κ3) is 3.96. The summed E-state index contributed by atoms with van der Waals surface area (Å²) in [5, 5.41) is 22.9. The van der Waals surface area contributed by atoms with Crippen LogP contribution in [-0.4, -0.2) is 38.9 Å². The van der Waals surface area contributed by atoms with Crippen LogP contribution in [0.25, 0.3) is 0 Å². The fourth-order valence-corrected chi connectivity index (χ4v) is 3.75. The largest absolute Gasteiger partial charge is 0.443 e. The van der Waals surface area contributed by atoms with E-state index < -0.39 is 44.2 Å². The van der Waals surface area contributed by atoms with Crippen molar-refractivity contribution in [3.05, 3.63) is 79.9 Å². The zero-order valence-corrected chi connectivity index (χ0v) is 17.2. The number of benzene rings is 2. The summed E-state index contributed by atoms with van der Waals surface area (Å²) in [5.74, 6) is -0.676. The molecule has 0 saturated carbocycles. The van der Waals surface area contributed by atoms with Crippen LogP contribution in [0.5, 0.6) is 0 Å². The van der Waals surface area contributed by atoms with Gasteiger partial charge in [0.05, 0.1) is 21.5 Å². The molecule has 1 heterocycles. The smallest absolute Gasteiger partial charge is 0.417 e. The van der Waals surface area contributed by atoms with Crippen LogP contribution in [0.3, 0.4) is 0 Å². The SMILES string of the molecule is CC(C)(C)OC(=O)N1CC[C@@](c2ccccc2)(c2ccc([N+](=O)[O-])cc2[N+](=O)[O-])C1=O. The number of likely N-dealkylation sites (tertiary alicyclic amines) is 1. The molecule has 0 N–H and O–H groups in total. The Hall–Kier alpha value is -3.82. The number of amides is 2. The van der Waals surface area contributed by atoms with Crippen molar-refractivity contribution in [1.82, 2.24) is 4.90 Å². The standard InChI is InChI=1S/C21H21N3O7/c1-20(2,3)31-19(26)22-12-11-21(18(22)25,14-7-5-4-6-8-14)16-10-9-15(23(27)28)13-17(16)24(29)30/h4-10,13H,11-12H2,1-3H3/t21-/m1/s1. The minimum Gasteiger partial charge on any atom is -0.443 e. The monoisotopic (exact) mass is 427 g/mol. The molecule has 0 spiro atoms. The summed E-state index contributed by atoms with van der Waals surface area (Å²) in [6, 6.07) is 11.5. The number of hydrogen-bond acceptors (Lipinski definition) is 7. The zero-order valence-electron chi connectivity index (χ0n) is 17.2. The Balaban J connectivity index is 2.20. The molecule has 2 aromatic carbocycles. The first-order valence-electron chi connectivity index (χ1n) is 9.51. The van der Waals surface area contributed by atoms with E-state index >= 15 is 0 Å². The molecular formula is C21H21N3O7. The highest BCUT2D eigenvalue weighted by Gasteiger charge is 2.54. The van der Waals surface area contributed by atoms with E-state index in [1.165, 1.54) is 6.07 Å². The zero-order chi connectivity index (χ0) is 23.0. The van der Waals surface area contributed by atoms with Crippen molar-refractivity contribution in [2.75, 3.05) is 6.54 Å². The van der Waals surface area contributed by atoms with Crippen molar-refractivity contribution in [2.45, 2.75) is 38.2 Å². The summed E-state index contributed by atoms with van der Waals surface area (Å²) < 4.78 is 5.33. The van der Waals surface area contributed by atoms with Crippen molar-refractivity contribution in [1.29, 1.82) is 0 Å². The van der Waals surface area contributed by atoms with Gasteiger partial charge in [0.1, 0.15) is 11.0 Å². The second-order valence-electron chi connectivity index (χ2n) is 8.17. The molecule has 1 atom stereocenters. The number of hydrogen-bond donors (Lipinski definition) is 0. The van der Waals surface area contributed by atoms with Gasteiger partial charge in [0, 0.05) is 12.6 Å². The van der Waals surface area contributed by atoms with Gasteiger partial charge in [0.15, 0.2) is 0 Å². The molecule has 1 aliphatic rings. The van der Waals surface area contributed by atoms with E-state index in [1.54, 1.807) is 51.1 Å². The van der Waals surface area contributed by atoms with E-state index in [9.17, 15) is 29.8 Å². The molecule has 10 nitrogen and oxygen atoms in total. The number of nitrogens with zero attached hydrogens (tertiary/aromatic N) is 3. The van der Waals surface area contributed by atoms with Crippen molar-refractivity contribution in [2.24, 2.45) is 0 Å². The van der Waals surface area contributed by atoms with Crippen LogP contribution in [0, 0.1) is 20.2 Å². The summed E-state index contributed by atoms with van der Waals surface area (Å²) >= 11 is 0. The highest BCUT2D eigenvalue weighted by Crippen LogP contribution is 2.46. The Labute approximate surface area is 177 Å². The molecule has 2 amide bonds. The molecule has 0 aromatic heterocycles. The summed E-state index contributed by atoms with van der Waals surface area (Å²) in [7, 11) is 0. The predicted octanol–water partition coefficient (Wildman–Crippen LogP) is 3.96. The fourth-order valence-electron chi connectivity index (χ4n) is 3.75. The summed E-state index contributed by atoms with van der Waals surface area (Å²) in [6.07, 6.45) is -0.784. The van der Waals surface area contributed by atoms with E-state index in [4.69, 9.17) is 4.74 Å². The van der Waals surface area contributed by atoms with Crippen molar-refractivity contribution in [3.63, 3.8) is 0 Å². The van der Waals surface area contributed by atoms with E-state index in [0.717, 1.165) is 17.0 Å². The molecule has 3 rings (SSSR count). The van der Waals surface area contributed by atoms with Crippen molar-refractivity contribution in [3.8, 4) is 0 Å². The highest BCUT2D eigenvalue weighted by molar-refractivity contribution is 6.03. The van der Waals surface area contributed by atoms with Gasteiger partial charge in [-0.3, -0.25) is 25.0 Å². The first-order chi connectivity index (χ1) is 14.5. The number of nitro benzene ring substituents is 2. The van der Waals surface area contributed by atoms with Gasteiger partial charge in [0.25, 0.3) is 11.4 Å². The van der Waals surface area contributed by atoms with Crippen LogP contribution in [-0.2, 0) is 14.9 Å². The van der Waals surface area contributed by atoms with Gasteiger partial charge in [0.2, 0.25) is 5.91 Å². The van der Waals surface area contributed by atoms with Crippen LogP contribution >= 0.6 is 0 Å². The first-order valence-corrected chi connectivity index (χ1v) is 9.51. The minimum atomic E-state index is -1.56. The quantitative estimate of drug-likeness (QED) is 0.533. The fraction of sp³-hybridized carbons (Fsp3) is 0.333. The maximum absolute atomic E-state index is 13.6. The van der Waals surface area contributed by atoms with Gasteiger partial charge in [-0.1, -0.05) is 30.3 Å². The number of imide groups is 1. The van der Waals surface area contributed by atoms with Crippen molar-refractivity contribution < 1.29 is 24.2 Å². The lowest BCUT2D eigenvalue weighted by atomic mass is 9.72. The maximum Gasteiger partial charge on any atom is 0.417 e. The molecule has 0 bridgehead atoms. The molecule has 1 aliphatic heterocycles. The number of non-ortho nitro benzene ring substituents is 1. The van der Waals surface area contributed by atoms with E-state index in [-0.39, 0.29) is 18.5 Å². The van der Waals surface area contributed by atoms with Crippen LogP contribution in [0.15, 0.2) is 48.5 Å². The molecular weight excluding hydrogens is 406 g/mol. The lowest BCUT2D eigenvalue weighted by Gasteiger charge is -2.29. The Morgan fingerprint density at radius 2 is 1.71 bits per heavy atom. The minimum absolute atomic E-state index is 0.00893. The second-order valence-corrected chi connectivity index (χ2v) is 8.17. The first kappa shape index (κ1) is 21.9. The number of nitro groups is 2. The Morgan fingerprint density at radius 3 is 2.26 bits per heavy atom. The lowest BCUT2D eigenvalue weighted by molar-refractivity contribution is -0.394. The topological polar surface area (TPSA) is 133 Å². The second kappa shape index (κ2) is 7.78. The molecule has 1 saturated heterocycles. The van der Waals surface area contributed by atoms with Gasteiger partial charge in [-0.25, -0.2) is 9.69 Å². The van der Waals surface area contributed by atoms with E-state index in [1.807, 2.05) is 0 Å². The van der Waals surface area contributed by atoms with Gasteiger partial charge in [-0.15, -0.1) is 0 Å². The van der Waals surface area contributed by atoms with Crippen molar-refractivity contribution >= 4 is 23.4 Å². The molecule has 10 heteroatoms. The molecule has 162 valence electrons. The molecule has 0 aliphatic carbocycles. The summed E-state index contributed by atoms with van der Waals surface area (Å²) in [5.41, 5.74) is -2.98. The molecule has 1 fully saturated rings. The maximum atomic E-state index is 13.6. The highest BCUT2D eigenvalue weighted by atomic mass is 16.6. The van der Waals surface area contributed by atoms with Gasteiger partial charge >= 0.3 is 6.09 Å². The van der Waals surface area contributed by atoms with Crippen LogP contribution in [0.2, 0.25) is 0 Å². The number of ether oxygens (including phenoxy) is 1. The van der Waals surface area contributed by atoms with E-state index in [2.05, 4.69) is 0 Å². The summed E-state index contributed by atoms with van der Waals surface area (Å²) in [4.78, 5) is 48.6. The van der Waals surface area contributed by atoms with Gasteiger partial charge < -0.3 is 4.74 Å². The normalized spacial score (nSPS) is 18.7. The molecule has 2 aromatic rings. The summed E-state index contributed by atoms with van der Waals surface area (Å²) in [6.45, 7) is 4.97.